The van der Waals surface area contributed by atoms with Crippen LogP contribution in [0.1, 0.15) is 13.8 Å². The van der Waals surface area contributed by atoms with E-state index in [9.17, 15) is 0 Å². The number of nitrogens with zero attached hydrogens (tertiary/aromatic N) is 1. The molecule has 0 N–H and O–H groups in total. The molecule has 1 aromatic carbocycles. The van der Waals surface area contributed by atoms with E-state index in [0.717, 1.165) is 36.5 Å². The first kappa shape index (κ1) is 13.8. The molecule has 18 heavy (non-hydrogen) atoms. The molecule has 1 aliphatic rings. The zero-order valence-electron chi connectivity index (χ0n) is 11.0. The standard InChI is InChI=1S/C14H20BrNO2/c1-14(2)11-17-8-6-16(14)7-9-18-13-5-3-4-12(15)10-13/h3-5,10H,6-9,11H2,1-2H3. The van der Waals surface area contributed by atoms with Crippen LogP contribution in [0, 0.1) is 0 Å². The third-order valence-electron chi connectivity index (χ3n) is 3.24. The zero-order valence-corrected chi connectivity index (χ0v) is 12.6. The highest BCUT2D eigenvalue weighted by Crippen LogP contribution is 2.20. The Morgan fingerprint density at radius 2 is 2.28 bits per heavy atom. The van der Waals surface area contributed by atoms with E-state index in [1.54, 1.807) is 0 Å². The van der Waals surface area contributed by atoms with Crippen LogP contribution in [-0.4, -0.2) is 43.3 Å². The van der Waals surface area contributed by atoms with Gasteiger partial charge in [-0.1, -0.05) is 22.0 Å². The van der Waals surface area contributed by atoms with Gasteiger partial charge in [0, 0.05) is 23.1 Å². The highest BCUT2D eigenvalue weighted by molar-refractivity contribution is 9.10. The zero-order chi connectivity index (χ0) is 13.0. The Morgan fingerprint density at radius 1 is 1.44 bits per heavy atom. The maximum Gasteiger partial charge on any atom is 0.120 e. The van der Waals surface area contributed by atoms with E-state index >= 15 is 0 Å². The van der Waals surface area contributed by atoms with Crippen molar-refractivity contribution in [2.24, 2.45) is 0 Å². The highest BCUT2D eigenvalue weighted by Gasteiger charge is 2.29. The van der Waals surface area contributed by atoms with Gasteiger partial charge in [-0.3, -0.25) is 4.90 Å². The summed E-state index contributed by atoms with van der Waals surface area (Å²) < 4.78 is 12.3. The molecule has 1 saturated heterocycles. The molecule has 0 atom stereocenters. The molecule has 0 aromatic heterocycles. The second-order valence-corrected chi connectivity index (χ2v) is 6.07. The molecule has 0 unspecified atom stereocenters. The van der Waals surface area contributed by atoms with Gasteiger partial charge in [-0.15, -0.1) is 0 Å². The highest BCUT2D eigenvalue weighted by atomic mass is 79.9. The second kappa shape index (κ2) is 6.04. The lowest BCUT2D eigenvalue weighted by Gasteiger charge is -2.41. The fraction of sp³-hybridized carbons (Fsp3) is 0.571. The van der Waals surface area contributed by atoms with E-state index in [-0.39, 0.29) is 5.54 Å². The smallest absolute Gasteiger partial charge is 0.120 e. The summed E-state index contributed by atoms with van der Waals surface area (Å²) in [7, 11) is 0. The number of hydrogen-bond acceptors (Lipinski definition) is 3. The van der Waals surface area contributed by atoms with Crippen molar-refractivity contribution in [3.63, 3.8) is 0 Å². The quantitative estimate of drug-likeness (QED) is 0.853. The van der Waals surface area contributed by atoms with Crippen molar-refractivity contribution < 1.29 is 9.47 Å². The molecule has 0 saturated carbocycles. The molecule has 100 valence electrons. The van der Waals surface area contributed by atoms with Crippen LogP contribution in [0.5, 0.6) is 5.75 Å². The normalized spacial score (nSPS) is 19.7. The number of benzene rings is 1. The minimum absolute atomic E-state index is 0.110. The minimum Gasteiger partial charge on any atom is -0.492 e. The Balaban J connectivity index is 1.81. The number of hydrogen-bond donors (Lipinski definition) is 0. The van der Waals surface area contributed by atoms with Gasteiger partial charge in [0.2, 0.25) is 0 Å². The molecular weight excluding hydrogens is 294 g/mol. The second-order valence-electron chi connectivity index (χ2n) is 5.16. The summed E-state index contributed by atoms with van der Waals surface area (Å²) in [4.78, 5) is 2.43. The van der Waals surface area contributed by atoms with Crippen molar-refractivity contribution in [1.82, 2.24) is 4.90 Å². The Morgan fingerprint density at radius 3 is 3.00 bits per heavy atom. The van der Waals surface area contributed by atoms with Crippen LogP contribution in [0.15, 0.2) is 28.7 Å². The van der Waals surface area contributed by atoms with E-state index in [1.807, 2.05) is 24.3 Å². The average Bonchev–Trinajstić information content (AvgIpc) is 2.31. The molecule has 1 fully saturated rings. The van der Waals surface area contributed by atoms with E-state index in [1.165, 1.54) is 0 Å². The van der Waals surface area contributed by atoms with Crippen LogP contribution < -0.4 is 4.74 Å². The number of halogens is 1. The van der Waals surface area contributed by atoms with Gasteiger partial charge in [-0.25, -0.2) is 0 Å². The summed E-state index contributed by atoms with van der Waals surface area (Å²) in [6, 6.07) is 7.95. The Labute approximate surface area is 117 Å². The Kier molecular flexibility index (Phi) is 4.65. The largest absolute Gasteiger partial charge is 0.492 e. The van der Waals surface area contributed by atoms with Crippen molar-refractivity contribution in [2.75, 3.05) is 32.9 Å². The number of ether oxygens (including phenoxy) is 2. The predicted octanol–water partition coefficient (Wildman–Crippen LogP) is 2.94. The Hall–Kier alpha value is -0.580. The molecule has 0 radical (unpaired) electrons. The van der Waals surface area contributed by atoms with Crippen LogP contribution in [0.2, 0.25) is 0 Å². The van der Waals surface area contributed by atoms with Crippen LogP contribution in [-0.2, 0) is 4.74 Å². The SMILES string of the molecule is CC1(C)COCCN1CCOc1cccc(Br)c1. The fourth-order valence-electron chi connectivity index (χ4n) is 2.14. The van der Waals surface area contributed by atoms with Crippen molar-refractivity contribution in [2.45, 2.75) is 19.4 Å². The lowest BCUT2D eigenvalue weighted by molar-refractivity contribution is -0.0547. The molecule has 0 aliphatic carbocycles. The monoisotopic (exact) mass is 313 g/mol. The molecule has 0 amide bonds. The van der Waals surface area contributed by atoms with Gasteiger partial charge in [-0.2, -0.15) is 0 Å². The predicted molar refractivity (Wildman–Crippen MR) is 76.1 cm³/mol. The molecule has 1 aliphatic heterocycles. The molecule has 1 heterocycles. The first-order valence-corrected chi connectivity index (χ1v) is 7.08. The fourth-order valence-corrected chi connectivity index (χ4v) is 2.51. The van der Waals surface area contributed by atoms with E-state index < -0.39 is 0 Å². The lowest BCUT2D eigenvalue weighted by Crippen LogP contribution is -2.54. The van der Waals surface area contributed by atoms with Crippen LogP contribution in [0.4, 0.5) is 0 Å². The van der Waals surface area contributed by atoms with Crippen molar-refractivity contribution in [1.29, 1.82) is 0 Å². The first-order chi connectivity index (χ1) is 8.58. The molecule has 4 heteroatoms. The van der Waals surface area contributed by atoms with Gasteiger partial charge < -0.3 is 9.47 Å². The summed E-state index contributed by atoms with van der Waals surface area (Å²) in [6.45, 7) is 8.67. The molecular formula is C14H20BrNO2. The average molecular weight is 314 g/mol. The van der Waals surface area contributed by atoms with Crippen molar-refractivity contribution >= 4 is 15.9 Å². The summed E-state index contributed by atoms with van der Waals surface area (Å²) >= 11 is 3.44. The van der Waals surface area contributed by atoms with Crippen molar-refractivity contribution in [3.8, 4) is 5.75 Å². The molecule has 2 rings (SSSR count). The molecule has 1 aromatic rings. The summed E-state index contributed by atoms with van der Waals surface area (Å²) in [5.74, 6) is 0.912. The lowest BCUT2D eigenvalue weighted by atomic mass is 10.0. The van der Waals surface area contributed by atoms with Gasteiger partial charge in [0.05, 0.1) is 13.2 Å². The molecule has 3 nitrogen and oxygen atoms in total. The third kappa shape index (κ3) is 3.70. The van der Waals surface area contributed by atoms with E-state index in [4.69, 9.17) is 9.47 Å². The minimum atomic E-state index is 0.110. The van der Waals surface area contributed by atoms with Gasteiger partial charge in [0.15, 0.2) is 0 Å². The maximum absolute atomic E-state index is 5.77. The molecule has 0 spiro atoms. The van der Waals surface area contributed by atoms with Gasteiger partial charge >= 0.3 is 0 Å². The van der Waals surface area contributed by atoms with Crippen LogP contribution >= 0.6 is 15.9 Å². The van der Waals surface area contributed by atoms with E-state index in [0.29, 0.717) is 6.61 Å². The van der Waals surface area contributed by atoms with Gasteiger partial charge in [0.25, 0.3) is 0 Å². The number of morpholine rings is 1. The summed E-state index contributed by atoms with van der Waals surface area (Å²) in [5, 5.41) is 0. The van der Waals surface area contributed by atoms with Crippen molar-refractivity contribution in [3.05, 3.63) is 28.7 Å². The van der Waals surface area contributed by atoms with E-state index in [2.05, 4.69) is 34.7 Å². The summed E-state index contributed by atoms with van der Waals surface area (Å²) in [6.07, 6.45) is 0. The van der Waals surface area contributed by atoms with Gasteiger partial charge in [0.1, 0.15) is 12.4 Å². The maximum atomic E-state index is 5.77. The van der Waals surface area contributed by atoms with Gasteiger partial charge in [-0.05, 0) is 32.0 Å². The first-order valence-electron chi connectivity index (χ1n) is 6.29. The topological polar surface area (TPSA) is 21.7 Å². The van der Waals surface area contributed by atoms with Crippen LogP contribution in [0.25, 0.3) is 0 Å². The van der Waals surface area contributed by atoms with Crippen LogP contribution in [0.3, 0.4) is 0 Å². The third-order valence-corrected chi connectivity index (χ3v) is 3.74. The number of rotatable bonds is 4. The molecule has 0 bridgehead atoms. The Bertz CT molecular complexity index is 395. The summed E-state index contributed by atoms with van der Waals surface area (Å²) in [5.41, 5.74) is 0.110.